The zero-order valence-electron chi connectivity index (χ0n) is 14.5. The molecule has 132 valence electrons. The second kappa shape index (κ2) is 6.81. The summed E-state index contributed by atoms with van der Waals surface area (Å²) in [6, 6.07) is 11.3. The number of nitrogens with zero attached hydrogens (tertiary/aromatic N) is 4. The lowest BCUT2D eigenvalue weighted by Crippen LogP contribution is -2.24. The Kier molecular flexibility index (Phi) is 4.73. The predicted octanol–water partition coefficient (Wildman–Crippen LogP) is 2.18. The molecule has 8 heteroatoms. The normalized spacial score (nSPS) is 11.8. The fraction of sp³-hybridized carbons (Fsp3) is 0.294. The van der Waals surface area contributed by atoms with Crippen LogP contribution in [0.2, 0.25) is 0 Å². The minimum absolute atomic E-state index is 0.144. The van der Waals surface area contributed by atoms with Gasteiger partial charge in [0.25, 0.3) is 0 Å². The first kappa shape index (κ1) is 17.4. The zero-order valence-corrected chi connectivity index (χ0v) is 15.3. The van der Waals surface area contributed by atoms with E-state index < -0.39 is 10.0 Å². The van der Waals surface area contributed by atoms with Gasteiger partial charge in [0.2, 0.25) is 10.0 Å². The molecule has 0 bridgehead atoms. The summed E-state index contributed by atoms with van der Waals surface area (Å²) in [4.78, 5) is 0.214. The molecule has 0 atom stereocenters. The molecule has 0 aliphatic heterocycles. The van der Waals surface area contributed by atoms with E-state index in [1.807, 2.05) is 43.5 Å². The van der Waals surface area contributed by atoms with Crippen molar-refractivity contribution in [2.24, 2.45) is 0 Å². The molecule has 1 N–H and O–H groups in total. The van der Waals surface area contributed by atoms with Crippen molar-refractivity contribution in [3.8, 4) is 5.69 Å². The van der Waals surface area contributed by atoms with Crippen molar-refractivity contribution in [3.05, 3.63) is 59.7 Å². The third kappa shape index (κ3) is 3.49. The smallest absolute Gasteiger partial charge is 0.244 e. The van der Waals surface area contributed by atoms with Gasteiger partial charge in [-0.05, 0) is 39.0 Å². The van der Waals surface area contributed by atoms with Crippen molar-refractivity contribution in [2.45, 2.75) is 38.8 Å². The molecule has 2 aromatic heterocycles. The molecular weight excluding hydrogens is 338 g/mol. The molecule has 0 amide bonds. The average molecular weight is 359 g/mol. The van der Waals surface area contributed by atoms with Crippen LogP contribution in [0.25, 0.3) is 5.69 Å². The maximum absolute atomic E-state index is 12.8. The Labute approximate surface area is 147 Å². The molecule has 0 fully saturated rings. The van der Waals surface area contributed by atoms with E-state index in [4.69, 9.17) is 0 Å². The summed E-state index contributed by atoms with van der Waals surface area (Å²) in [6.45, 7) is 6.32. The molecule has 0 saturated heterocycles. The minimum atomic E-state index is -3.69. The standard InChI is InChI=1S/C17H21N5O2S/c1-4-21-11-10-15(20-21)12-18-25(23,24)17-13(2)19-22(14(17)3)16-8-6-5-7-9-16/h5-11,18H,4,12H2,1-3H3. The van der Waals surface area contributed by atoms with Gasteiger partial charge in [0.1, 0.15) is 4.90 Å². The predicted molar refractivity (Wildman–Crippen MR) is 95.0 cm³/mol. The molecule has 0 unspecified atom stereocenters. The molecule has 3 aromatic rings. The van der Waals surface area contributed by atoms with Crippen molar-refractivity contribution < 1.29 is 8.42 Å². The monoisotopic (exact) mass is 359 g/mol. The quantitative estimate of drug-likeness (QED) is 0.731. The summed E-state index contributed by atoms with van der Waals surface area (Å²) in [5.74, 6) is 0. The van der Waals surface area contributed by atoms with Crippen molar-refractivity contribution in [3.63, 3.8) is 0 Å². The number of aryl methyl sites for hydroxylation is 2. The Bertz CT molecular complexity index is 974. The van der Waals surface area contributed by atoms with Gasteiger partial charge in [-0.25, -0.2) is 17.8 Å². The van der Waals surface area contributed by atoms with Crippen LogP contribution in [0.3, 0.4) is 0 Å². The van der Waals surface area contributed by atoms with E-state index in [-0.39, 0.29) is 11.4 Å². The molecule has 25 heavy (non-hydrogen) atoms. The lowest BCUT2D eigenvalue weighted by molar-refractivity contribution is 0.577. The molecule has 0 spiro atoms. The third-order valence-electron chi connectivity index (χ3n) is 3.96. The first-order chi connectivity index (χ1) is 11.9. The number of hydrogen-bond acceptors (Lipinski definition) is 4. The van der Waals surface area contributed by atoms with Crippen LogP contribution in [0.1, 0.15) is 24.0 Å². The van der Waals surface area contributed by atoms with E-state index in [9.17, 15) is 8.42 Å². The van der Waals surface area contributed by atoms with Crippen molar-refractivity contribution in [1.29, 1.82) is 0 Å². The van der Waals surface area contributed by atoms with Gasteiger partial charge in [-0.1, -0.05) is 18.2 Å². The number of rotatable bonds is 6. The summed E-state index contributed by atoms with van der Waals surface area (Å²) in [7, 11) is -3.69. The van der Waals surface area contributed by atoms with Gasteiger partial charge in [0, 0.05) is 12.7 Å². The maximum atomic E-state index is 12.8. The molecule has 0 radical (unpaired) electrons. The average Bonchev–Trinajstić information content (AvgIpc) is 3.18. The van der Waals surface area contributed by atoms with Gasteiger partial charge >= 0.3 is 0 Å². The Morgan fingerprint density at radius 1 is 1.08 bits per heavy atom. The maximum Gasteiger partial charge on any atom is 0.244 e. The highest BCUT2D eigenvalue weighted by molar-refractivity contribution is 7.89. The van der Waals surface area contributed by atoms with Crippen LogP contribution in [-0.4, -0.2) is 28.0 Å². The van der Waals surface area contributed by atoms with Gasteiger partial charge in [-0.15, -0.1) is 0 Å². The summed E-state index contributed by atoms with van der Waals surface area (Å²) >= 11 is 0. The van der Waals surface area contributed by atoms with E-state index >= 15 is 0 Å². The first-order valence-corrected chi connectivity index (χ1v) is 9.54. The second-order valence-corrected chi connectivity index (χ2v) is 7.44. The Morgan fingerprint density at radius 2 is 1.80 bits per heavy atom. The van der Waals surface area contributed by atoms with Crippen LogP contribution < -0.4 is 4.72 Å². The Morgan fingerprint density at radius 3 is 2.44 bits per heavy atom. The lowest BCUT2D eigenvalue weighted by atomic mass is 10.3. The van der Waals surface area contributed by atoms with Crippen molar-refractivity contribution in [2.75, 3.05) is 0 Å². The highest BCUT2D eigenvalue weighted by Crippen LogP contribution is 2.22. The first-order valence-electron chi connectivity index (χ1n) is 8.06. The van der Waals surface area contributed by atoms with E-state index in [0.717, 1.165) is 12.2 Å². The van der Waals surface area contributed by atoms with Gasteiger partial charge in [0.05, 0.1) is 29.3 Å². The largest absolute Gasteiger partial charge is 0.273 e. The molecule has 0 aliphatic rings. The molecule has 7 nitrogen and oxygen atoms in total. The summed E-state index contributed by atoms with van der Waals surface area (Å²) in [6.07, 6.45) is 1.83. The minimum Gasteiger partial charge on any atom is -0.273 e. The van der Waals surface area contributed by atoms with E-state index in [0.29, 0.717) is 17.1 Å². The number of sulfonamides is 1. The van der Waals surface area contributed by atoms with Crippen LogP contribution in [0.5, 0.6) is 0 Å². The zero-order chi connectivity index (χ0) is 18.0. The fourth-order valence-corrected chi connectivity index (χ4v) is 4.14. The summed E-state index contributed by atoms with van der Waals surface area (Å²) in [5.41, 5.74) is 2.55. The topological polar surface area (TPSA) is 81.8 Å². The van der Waals surface area contributed by atoms with Crippen molar-refractivity contribution >= 4 is 10.0 Å². The van der Waals surface area contributed by atoms with Gasteiger partial charge in [-0.3, -0.25) is 4.68 Å². The molecule has 2 heterocycles. The molecule has 0 aliphatic carbocycles. The highest BCUT2D eigenvalue weighted by atomic mass is 32.2. The Balaban J connectivity index is 1.88. The number of hydrogen-bond donors (Lipinski definition) is 1. The van der Waals surface area contributed by atoms with Gasteiger partial charge < -0.3 is 0 Å². The number of nitrogens with one attached hydrogen (secondary N) is 1. The molecule has 3 rings (SSSR count). The molecule has 0 saturated carbocycles. The van der Waals surface area contributed by atoms with E-state index in [1.165, 1.54) is 0 Å². The van der Waals surface area contributed by atoms with Crippen LogP contribution in [0, 0.1) is 13.8 Å². The van der Waals surface area contributed by atoms with Gasteiger partial charge in [-0.2, -0.15) is 10.2 Å². The van der Waals surface area contributed by atoms with Crippen LogP contribution in [0.4, 0.5) is 0 Å². The number of benzene rings is 1. The van der Waals surface area contributed by atoms with Crippen molar-refractivity contribution in [1.82, 2.24) is 24.3 Å². The SMILES string of the molecule is CCn1ccc(CNS(=O)(=O)c2c(C)nn(-c3ccccc3)c2C)n1. The summed E-state index contributed by atoms with van der Waals surface area (Å²) < 4.78 is 31.6. The second-order valence-electron chi connectivity index (χ2n) is 5.73. The van der Waals surface area contributed by atoms with Crippen LogP contribution >= 0.6 is 0 Å². The molecule has 1 aromatic carbocycles. The van der Waals surface area contributed by atoms with E-state index in [1.54, 1.807) is 29.3 Å². The summed E-state index contributed by atoms with van der Waals surface area (Å²) in [5, 5.41) is 8.69. The van der Waals surface area contributed by atoms with Crippen LogP contribution in [0.15, 0.2) is 47.5 Å². The molecular formula is C17H21N5O2S. The number of aromatic nitrogens is 4. The lowest BCUT2D eigenvalue weighted by Gasteiger charge is -2.07. The third-order valence-corrected chi connectivity index (χ3v) is 5.61. The highest BCUT2D eigenvalue weighted by Gasteiger charge is 2.25. The number of para-hydroxylation sites is 1. The Hall–Kier alpha value is -2.45. The fourth-order valence-electron chi connectivity index (χ4n) is 2.75. The van der Waals surface area contributed by atoms with Crippen LogP contribution in [-0.2, 0) is 23.1 Å². The van der Waals surface area contributed by atoms with E-state index in [2.05, 4.69) is 14.9 Å². The van der Waals surface area contributed by atoms with Gasteiger partial charge in [0.15, 0.2) is 0 Å².